The summed E-state index contributed by atoms with van der Waals surface area (Å²) in [6.45, 7) is 10.0. The van der Waals surface area contributed by atoms with Crippen molar-refractivity contribution in [3.05, 3.63) is 41.1 Å². The van der Waals surface area contributed by atoms with Crippen molar-refractivity contribution in [2.45, 2.75) is 52.3 Å². The Morgan fingerprint density at radius 1 is 1.35 bits per heavy atom. The Labute approximate surface area is 155 Å². The van der Waals surface area contributed by atoms with Crippen LogP contribution in [0, 0.1) is 6.92 Å². The van der Waals surface area contributed by atoms with Crippen LogP contribution in [0.15, 0.2) is 24.3 Å². The number of pyridine rings is 1. The van der Waals surface area contributed by atoms with Crippen LogP contribution in [0.25, 0.3) is 10.9 Å². The largest absolute Gasteiger partial charge is 0.378 e. The van der Waals surface area contributed by atoms with Crippen LogP contribution in [-0.4, -0.2) is 54.2 Å². The molecule has 2 aromatic rings. The lowest BCUT2D eigenvalue weighted by molar-refractivity contribution is 0.0754. The van der Waals surface area contributed by atoms with Crippen molar-refractivity contribution in [1.29, 1.82) is 0 Å². The molecule has 1 aromatic carbocycles. The first-order chi connectivity index (χ1) is 12.4. The predicted octanol–water partition coefficient (Wildman–Crippen LogP) is 2.94. The Bertz CT molecular complexity index is 803. The molecule has 0 unspecified atom stereocenters. The molecule has 1 N–H and O–H groups in total. The Morgan fingerprint density at radius 2 is 2.12 bits per heavy atom. The number of methoxy groups -OCH3 is 1. The van der Waals surface area contributed by atoms with E-state index in [1.165, 1.54) is 5.56 Å². The summed E-state index contributed by atoms with van der Waals surface area (Å²) in [5.41, 5.74) is 3.62. The van der Waals surface area contributed by atoms with Crippen molar-refractivity contribution in [2.75, 3.05) is 20.2 Å². The van der Waals surface area contributed by atoms with Crippen LogP contribution in [0.4, 0.5) is 0 Å². The van der Waals surface area contributed by atoms with Crippen LogP contribution in [0.5, 0.6) is 0 Å². The Balaban J connectivity index is 1.90. The molecule has 140 valence electrons. The summed E-state index contributed by atoms with van der Waals surface area (Å²) in [6.07, 6.45) is 0.949. The molecule has 1 aliphatic rings. The highest BCUT2D eigenvalue weighted by Crippen LogP contribution is 2.22. The SMILES string of the molecule is CCc1ccc2nc(C)cc(C(=O)N[C@H]3CN(C(C)C)C[C@@H]3OC)c2c1. The van der Waals surface area contributed by atoms with E-state index in [4.69, 9.17) is 4.74 Å². The molecule has 1 aliphatic heterocycles. The van der Waals surface area contributed by atoms with Gasteiger partial charge in [0.25, 0.3) is 5.91 Å². The molecule has 1 amide bonds. The van der Waals surface area contributed by atoms with Crippen LogP contribution in [-0.2, 0) is 11.2 Å². The molecule has 0 saturated carbocycles. The van der Waals surface area contributed by atoms with Crippen molar-refractivity contribution >= 4 is 16.8 Å². The molecule has 5 heteroatoms. The maximum Gasteiger partial charge on any atom is 0.252 e. The highest BCUT2D eigenvalue weighted by molar-refractivity contribution is 6.06. The number of amides is 1. The fourth-order valence-electron chi connectivity index (χ4n) is 3.66. The number of benzene rings is 1. The first-order valence-corrected chi connectivity index (χ1v) is 9.41. The first-order valence-electron chi connectivity index (χ1n) is 9.41. The summed E-state index contributed by atoms with van der Waals surface area (Å²) < 4.78 is 5.62. The lowest BCUT2D eigenvalue weighted by atomic mass is 10.0. The fraction of sp³-hybridized carbons (Fsp3) is 0.524. The summed E-state index contributed by atoms with van der Waals surface area (Å²) in [5, 5.41) is 4.12. The van der Waals surface area contributed by atoms with Crippen LogP contribution < -0.4 is 5.32 Å². The third kappa shape index (κ3) is 3.74. The van der Waals surface area contributed by atoms with Crippen molar-refractivity contribution in [1.82, 2.24) is 15.2 Å². The number of hydrogen-bond acceptors (Lipinski definition) is 4. The molecule has 5 nitrogen and oxygen atoms in total. The number of nitrogens with one attached hydrogen (secondary N) is 1. The Hall–Kier alpha value is -1.98. The third-order valence-electron chi connectivity index (χ3n) is 5.30. The topological polar surface area (TPSA) is 54.5 Å². The summed E-state index contributed by atoms with van der Waals surface area (Å²) in [5.74, 6) is -0.0496. The van der Waals surface area contributed by atoms with Crippen LogP contribution in [0.1, 0.15) is 42.4 Å². The number of fused-ring (bicyclic) bond motifs is 1. The highest BCUT2D eigenvalue weighted by atomic mass is 16.5. The number of aryl methyl sites for hydroxylation is 2. The summed E-state index contributed by atoms with van der Waals surface area (Å²) in [6, 6.07) is 8.48. The molecule has 26 heavy (non-hydrogen) atoms. The quantitative estimate of drug-likeness (QED) is 0.896. The molecule has 1 fully saturated rings. The second-order valence-electron chi connectivity index (χ2n) is 7.42. The average molecular weight is 355 g/mol. The summed E-state index contributed by atoms with van der Waals surface area (Å²) in [7, 11) is 1.72. The average Bonchev–Trinajstić information content (AvgIpc) is 3.03. The molecule has 1 aromatic heterocycles. The Morgan fingerprint density at radius 3 is 2.77 bits per heavy atom. The van der Waals surface area contributed by atoms with Gasteiger partial charge in [0.15, 0.2) is 0 Å². The number of hydrogen-bond donors (Lipinski definition) is 1. The van der Waals surface area contributed by atoms with E-state index in [-0.39, 0.29) is 18.1 Å². The summed E-state index contributed by atoms with van der Waals surface area (Å²) >= 11 is 0. The first kappa shape index (κ1) is 18.8. The van der Waals surface area contributed by atoms with Gasteiger partial charge in [0.1, 0.15) is 0 Å². The van der Waals surface area contributed by atoms with E-state index < -0.39 is 0 Å². The second-order valence-corrected chi connectivity index (χ2v) is 7.42. The lowest BCUT2D eigenvalue weighted by Crippen LogP contribution is -2.43. The maximum atomic E-state index is 13.1. The highest BCUT2D eigenvalue weighted by Gasteiger charge is 2.35. The predicted molar refractivity (Wildman–Crippen MR) is 105 cm³/mol. The number of likely N-dealkylation sites (tertiary alicyclic amines) is 1. The maximum absolute atomic E-state index is 13.1. The van der Waals surface area contributed by atoms with E-state index in [1.54, 1.807) is 7.11 Å². The standard InChI is InChI=1S/C21H29N3O2/c1-6-15-7-8-18-16(10-15)17(9-14(4)22-18)21(25)23-19-11-24(13(2)3)12-20(19)26-5/h7-10,13,19-20H,6,11-12H2,1-5H3,(H,23,25)/t19-,20-/m0/s1. The molecule has 0 bridgehead atoms. The molecule has 2 atom stereocenters. The van der Waals surface area contributed by atoms with Crippen LogP contribution in [0.3, 0.4) is 0 Å². The van der Waals surface area contributed by atoms with E-state index in [0.717, 1.165) is 36.1 Å². The van der Waals surface area contributed by atoms with Crippen LogP contribution >= 0.6 is 0 Å². The Kier molecular flexibility index (Phi) is 5.58. The minimum atomic E-state index is -0.0496. The molecule has 1 saturated heterocycles. The van der Waals surface area contributed by atoms with E-state index in [9.17, 15) is 4.79 Å². The monoisotopic (exact) mass is 355 g/mol. The second kappa shape index (κ2) is 7.72. The number of nitrogens with zero attached hydrogens (tertiary/aromatic N) is 2. The van der Waals surface area contributed by atoms with Gasteiger partial charge in [0, 0.05) is 37.3 Å². The number of carbonyl (C=O) groups is 1. The van der Waals surface area contributed by atoms with Gasteiger partial charge in [0.2, 0.25) is 0 Å². The third-order valence-corrected chi connectivity index (χ3v) is 5.30. The number of ether oxygens (including phenoxy) is 1. The minimum absolute atomic E-state index is 0.00669. The van der Waals surface area contributed by atoms with Gasteiger partial charge >= 0.3 is 0 Å². The van der Waals surface area contributed by atoms with Crippen molar-refractivity contribution in [2.24, 2.45) is 0 Å². The van der Waals surface area contributed by atoms with Gasteiger partial charge in [-0.2, -0.15) is 0 Å². The number of rotatable bonds is 5. The molecular weight excluding hydrogens is 326 g/mol. The van der Waals surface area contributed by atoms with Gasteiger partial charge in [-0.25, -0.2) is 0 Å². The van der Waals surface area contributed by atoms with Crippen molar-refractivity contribution in [3.8, 4) is 0 Å². The van der Waals surface area contributed by atoms with Crippen LogP contribution in [0.2, 0.25) is 0 Å². The molecule has 3 rings (SSSR count). The number of aromatic nitrogens is 1. The van der Waals surface area contributed by atoms with Gasteiger partial charge in [0.05, 0.1) is 23.2 Å². The van der Waals surface area contributed by atoms with Gasteiger partial charge in [-0.3, -0.25) is 14.7 Å². The zero-order valence-corrected chi connectivity index (χ0v) is 16.4. The smallest absolute Gasteiger partial charge is 0.252 e. The number of carbonyl (C=O) groups excluding carboxylic acids is 1. The van der Waals surface area contributed by atoms with E-state index in [0.29, 0.717) is 11.6 Å². The molecule has 0 spiro atoms. The van der Waals surface area contributed by atoms with Crippen molar-refractivity contribution < 1.29 is 9.53 Å². The van der Waals surface area contributed by atoms with Crippen molar-refractivity contribution in [3.63, 3.8) is 0 Å². The van der Waals surface area contributed by atoms with Gasteiger partial charge in [-0.15, -0.1) is 0 Å². The zero-order chi connectivity index (χ0) is 18.8. The summed E-state index contributed by atoms with van der Waals surface area (Å²) in [4.78, 5) is 20.0. The zero-order valence-electron chi connectivity index (χ0n) is 16.4. The van der Waals surface area contributed by atoms with Gasteiger partial charge in [-0.1, -0.05) is 13.0 Å². The fourth-order valence-corrected chi connectivity index (χ4v) is 3.66. The molecule has 0 aliphatic carbocycles. The lowest BCUT2D eigenvalue weighted by Gasteiger charge is -2.20. The van der Waals surface area contributed by atoms with E-state index in [2.05, 4.69) is 48.1 Å². The normalized spacial score (nSPS) is 20.8. The van der Waals surface area contributed by atoms with Gasteiger partial charge in [-0.05, 0) is 51.0 Å². The molecule has 2 heterocycles. The van der Waals surface area contributed by atoms with Gasteiger partial charge < -0.3 is 10.1 Å². The minimum Gasteiger partial charge on any atom is -0.378 e. The van der Waals surface area contributed by atoms with E-state index in [1.807, 2.05) is 19.1 Å². The molecule has 0 radical (unpaired) electrons. The molecular formula is C21H29N3O2. The van der Waals surface area contributed by atoms with E-state index >= 15 is 0 Å².